The summed E-state index contributed by atoms with van der Waals surface area (Å²) in [4.78, 5) is 4.32. The number of aryl methyl sites for hydroxylation is 1. The van der Waals surface area contributed by atoms with Gasteiger partial charge in [-0.15, -0.1) is 0 Å². The Balaban J connectivity index is 2.17. The van der Waals surface area contributed by atoms with Crippen LogP contribution in [-0.2, 0) is 19.0 Å². The lowest BCUT2D eigenvalue weighted by Crippen LogP contribution is -2.15. The lowest BCUT2D eigenvalue weighted by atomic mass is 9.86. The first-order chi connectivity index (χ1) is 8.48. The fourth-order valence-corrected chi connectivity index (χ4v) is 2.03. The monoisotopic (exact) mass is 243 g/mol. The van der Waals surface area contributed by atoms with Crippen molar-refractivity contribution in [1.29, 1.82) is 0 Å². The molecule has 0 amide bonds. The fraction of sp³-hybridized carbons (Fsp3) is 0.400. The third-order valence-electron chi connectivity index (χ3n) is 3.09. The Morgan fingerprint density at radius 1 is 1.22 bits per heavy atom. The molecular weight excluding hydrogens is 222 g/mol. The van der Waals surface area contributed by atoms with E-state index in [1.54, 1.807) is 0 Å². The van der Waals surface area contributed by atoms with Gasteiger partial charge in [0.25, 0.3) is 0 Å². The number of para-hydroxylation sites is 1. The number of aromatic nitrogens is 2. The zero-order valence-corrected chi connectivity index (χ0v) is 11.6. The van der Waals surface area contributed by atoms with Crippen LogP contribution in [-0.4, -0.2) is 9.55 Å². The van der Waals surface area contributed by atoms with Crippen molar-refractivity contribution in [2.24, 2.45) is 7.05 Å². The Morgan fingerprint density at radius 2 is 1.94 bits per heavy atom. The van der Waals surface area contributed by atoms with Gasteiger partial charge in [-0.2, -0.15) is 0 Å². The first-order valence-corrected chi connectivity index (χ1v) is 6.28. The van der Waals surface area contributed by atoms with Crippen LogP contribution >= 0.6 is 0 Å². The highest BCUT2D eigenvalue weighted by molar-refractivity contribution is 5.54. The molecule has 0 saturated carbocycles. The van der Waals surface area contributed by atoms with Crippen LogP contribution in [0.2, 0.25) is 0 Å². The zero-order chi connectivity index (χ0) is 13.2. The molecule has 2 rings (SSSR count). The van der Waals surface area contributed by atoms with Crippen molar-refractivity contribution >= 4 is 5.69 Å². The summed E-state index contributed by atoms with van der Waals surface area (Å²) in [7, 11) is 2.01. The largest absolute Gasteiger partial charge is 0.378 e. The van der Waals surface area contributed by atoms with E-state index in [4.69, 9.17) is 0 Å². The lowest BCUT2D eigenvalue weighted by Gasteiger charge is -2.23. The molecule has 0 atom stereocenters. The van der Waals surface area contributed by atoms with Gasteiger partial charge in [0, 0.05) is 25.1 Å². The highest BCUT2D eigenvalue weighted by atomic mass is 15.1. The molecular formula is C15H21N3. The summed E-state index contributed by atoms with van der Waals surface area (Å²) in [6.45, 7) is 7.44. The Bertz CT molecular complexity index is 521. The number of nitrogens with zero attached hydrogens (tertiary/aromatic N) is 2. The molecule has 0 radical (unpaired) electrons. The number of hydrogen-bond acceptors (Lipinski definition) is 2. The van der Waals surface area contributed by atoms with Gasteiger partial charge in [-0.25, -0.2) is 4.98 Å². The number of nitrogens with one attached hydrogen (secondary N) is 1. The second-order valence-electron chi connectivity index (χ2n) is 5.60. The van der Waals surface area contributed by atoms with Crippen LogP contribution < -0.4 is 5.32 Å². The number of benzene rings is 1. The second-order valence-corrected chi connectivity index (χ2v) is 5.60. The maximum Gasteiger partial charge on any atom is 0.127 e. The molecule has 1 heterocycles. The van der Waals surface area contributed by atoms with Crippen LogP contribution in [0.15, 0.2) is 36.7 Å². The Kier molecular flexibility index (Phi) is 3.41. The molecule has 3 nitrogen and oxygen atoms in total. The van der Waals surface area contributed by atoms with E-state index in [-0.39, 0.29) is 5.41 Å². The molecule has 1 aromatic carbocycles. The van der Waals surface area contributed by atoms with Gasteiger partial charge in [-0.1, -0.05) is 39.0 Å². The minimum absolute atomic E-state index is 0.144. The molecule has 1 N–H and O–H groups in total. The van der Waals surface area contributed by atoms with E-state index in [1.165, 1.54) is 11.3 Å². The van der Waals surface area contributed by atoms with Crippen LogP contribution in [0.5, 0.6) is 0 Å². The normalized spacial score (nSPS) is 11.6. The molecule has 2 aromatic rings. The van der Waals surface area contributed by atoms with Gasteiger partial charge in [0.15, 0.2) is 0 Å². The SMILES string of the molecule is Cn1ccnc1CNc1ccccc1C(C)(C)C. The number of rotatable bonds is 3. The number of imidazole rings is 1. The van der Waals surface area contributed by atoms with E-state index in [9.17, 15) is 0 Å². The smallest absolute Gasteiger partial charge is 0.127 e. The molecule has 18 heavy (non-hydrogen) atoms. The van der Waals surface area contributed by atoms with Crippen molar-refractivity contribution < 1.29 is 0 Å². The number of anilines is 1. The van der Waals surface area contributed by atoms with Crippen LogP contribution in [0.25, 0.3) is 0 Å². The van der Waals surface area contributed by atoms with Crippen molar-refractivity contribution in [3.8, 4) is 0 Å². The van der Waals surface area contributed by atoms with E-state index in [0.717, 1.165) is 12.4 Å². The summed E-state index contributed by atoms with van der Waals surface area (Å²) in [6, 6.07) is 8.47. The minimum atomic E-state index is 0.144. The van der Waals surface area contributed by atoms with E-state index in [1.807, 2.05) is 24.0 Å². The lowest BCUT2D eigenvalue weighted by molar-refractivity contribution is 0.591. The molecule has 3 heteroatoms. The summed E-state index contributed by atoms with van der Waals surface area (Å²) in [5.74, 6) is 1.04. The van der Waals surface area contributed by atoms with E-state index in [2.05, 4.69) is 55.3 Å². The van der Waals surface area contributed by atoms with Crippen LogP contribution in [0.1, 0.15) is 32.2 Å². The van der Waals surface area contributed by atoms with Gasteiger partial charge >= 0.3 is 0 Å². The molecule has 0 saturated heterocycles. The predicted octanol–water partition coefficient (Wildman–Crippen LogP) is 3.33. The van der Waals surface area contributed by atoms with Crippen LogP contribution in [0.4, 0.5) is 5.69 Å². The standard InChI is InChI=1S/C15H21N3/c1-15(2,3)12-7-5-6-8-13(12)17-11-14-16-9-10-18(14)4/h5-10,17H,11H2,1-4H3. The molecule has 96 valence electrons. The quantitative estimate of drug-likeness (QED) is 0.896. The average molecular weight is 243 g/mol. The molecule has 0 aliphatic rings. The summed E-state index contributed by atoms with van der Waals surface area (Å²) < 4.78 is 2.03. The van der Waals surface area contributed by atoms with E-state index < -0.39 is 0 Å². The first-order valence-electron chi connectivity index (χ1n) is 6.28. The Labute approximate surface area is 109 Å². The van der Waals surface area contributed by atoms with Crippen molar-refractivity contribution in [2.45, 2.75) is 32.7 Å². The average Bonchev–Trinajstić information content (AvgIpc) is 2.71. The van der Waals surface area contributed by atoms with Gasteiger partial charge in [0.05, 0.1) is 6.54 Å². The maximum atomic E-state index is 4.32. The van der Waals surface area contributed by atoms with Gasteiger partial charge < -0.3 is 9.88 Å². The molecule has 0 aliphatic heterocycles. The topological polar surface area (TPSA) is 29.9 Å². The van der Waals surface area contributed by atoms with Gasteiger partial charge in [0.2, 0.25) is 0 Å². The zero-order valence-electron chi connectivity index (χ0n) is 11.6. The molecule has 1 aromatic heterocycles. The van der Waals surface area contributed by atoms with Crippen LogP contribution in [0.3, 0.4) is 0 Å². The number of hydrogen-bond donors (Lipinski definition) is 1. The molecule has 0 aliphatic carbocycles. The highest BCUT2D eigenvalue weighted by Gasteiger charge is 2.17. The molecule has 0 unspecified atom stereocenters. The van der Waals surface area contributed by atoms with Crippen molar-refractivity contribution in [3.63, 3.8) is 0 Å². The van der Waals surface area contributed by atoms with Crippen molar-refractivity contribution in [3.05, 3.63) is 48.0 Å². The molecule has 0 spiro atoms. The summed E-state index contributed by atoms with van der Waals surface area (Å²) >= 11 is 0. The second kappa shape index (κ2) is 4.84. The summed E-state index contributed by atoms with van der Waals surface area (Å²) in [5.41, 5.74) is 2.66. The predicted molar refractivity (Wildman–Crippen MR) is 75.7 cm³/mol. The van der Waals surface area contributed by atoms with Gasteiger partial charge in [-0.05, 0) is 17.0 Å². The van der Waals surface area contributed by atoms with Gasteiger partial charge in [0.1, 0.15) is 5.82 Å². The fourth-order valence-electron chi connectivity index (χ4n) is 2.03. The third-order valence-corrected chi connectivity index (χ3v) is 3.09. The minimum Gasteiger partial charge on any atom is -0.378 e. The van der Waals surface area contributed by atoms with Gasteiger partial charge in [-0.3, -0.25) is 0 Å². The van der Waals surface area contributed by atoms with Crippen LogP contribution in [0, 0.1) is 0 Å². The highest BCUT2D eigenvalue weighted by Crippen LogP contribution is 2.29. The van der Waals surface area contributed by atoms with Crippen molar-refractivity contribution in [2.75, 3.05) is 5.32 Å². The maximum absolute atomic E-state index is 4.32. The Morgan fingerprint density at radius 3 is 2.56 bits per heavy atom. The summed E-state index contributed by atoms with van der Waals surface area (Å²) in [6.07, 6.45) is 3.79. The van der Waals surface area contributed by atoms with E-state index >= 15 is 0 Å². The molecule has 0 fully saturated rings. The third kappa shape index (κ3) is 2.73. The molecule has 0 bridgehead atoms. The van der Waals surface area contributed by atoms with Crippen molar-refractivity contribution in [1.82, 2.24) is 9.55 Å². The Hall–Kier alpha value is -1.77. The summed E-state index contributed by atoms with van der Waals surface area (Å²) in [5, 5.41) is 3.48. The van der Waals surface area contributed by atoms with E-state index in [0.29, 0.717) is 0 Å². The first kappa shape index (κ1) is 12.7.